The second kappa shape index (κ2) is 13.6. The van der Waals surface area contributed by atoms with Crippen molar-refractivity contribution in [2.24, 2.45) is 0 Å². The molecule has 2 aromatic carbocycles. The largest absolute Gasteiger partial charge is 0.352 e. The lowest BCUT2D eigenvalue weighted by molar-refractivity contribution is -0.141. The van der Waals surface area contributed by atoms with E-state index in [2.05, 4.69) is 5.32 Å². The Bertz CT molecular complexity index is 1170. The molecular weight excluding hydrogens is 493 g/mol. The zero-order valence-electron chi connectivity index (χ0n) is 22.8. The predicted octanol–water partition coefficient (Wildman–Crippen LogP) is 4.71. The van der Waals surface area contributed by atoms with Crippen LogP contribution in [0.25, 0.3) is 0 Å². The molecule has 2 aromatic rings. The lowest BCUT2D eigenvalue weighted by atomic mass is 10.1. The number of anilines is 1. The molecule has 0 fully saturated rings. The fourth-order valence-corrected chi connectivity index (χ4v) is 5.13. The molecule has 0 aliphatic heterocycles. The van der Waals surface area contributed by atoms with Crippen LogP contribution in [0.15, 0.2) is 42.5 Å². The first kappa shape index (κ1) is 30.3. The van der Waals surface area contributed by atoms with Gasteiger partial charge < -0.3 is 10.2 Å². The number of aryl methyl sites for hydroxylation is 2. The van der Waals surface area contributed by atoms with Crippen LogP contribution in [0.4, 0.5) is 10.1 Å². The number of carbonyl (C=O) groups excluding carboxylic acids is 2. The van der Waals surface area contributed by atoms with Crippen LogP contribution in [0, 0.1) is 19.7 Å². The van der Waals surface area contributed by atoms with Crippen molar-refractivity contribution < 1.29 is 22.4 Å². The number of hydrogen-bond donors (Lipinski definition) is 1. The van der Waals surface area contributed by atoms with Crippen LogP contribution in [0.1, 0.15) is 63.1 Å². The molecule has 0 aliphatic rings. The molecule has 0 radical (unpaired) electrons. The minimum Gasteiger partial charge on any atom is -0.352 e. The summed E-state index contributed by atoms with van der Waals surface area (Å²) in [6, 6.07) is 10.7. The topological polar surface area (TPSA) is 86.8 Å². The van der Waals surface area contributed by atoms with Crippen molar-refractivity contribution in [1.29, 1.82) is 0 Å². The van der Waals surface area contributed by atoms with Crippen LogP contribution < -0.4 is 9.62 Å². The van der Waals surface area contributed by atoms with Crippen molar-refractivity contribution >= 4 is 27.5 Å². The third-order valence-corrected chi connectivity index (χ3v) is 7.62. The summed E-state index contributed by atoms with van der Waals surface area (Å²) >= 11 is 0. The molecule has 0 saturated heterocycles. The van der Waals surface area contributed by atoms with Gasteiger partial charge in [-0.3, -0.25) is 13.9 Å². The number of nitrogens with zero attached hydrogens (tertiary/aromatic N) is 2. The summed E-state index contributed by atoms with van der Waals surface area (Å²) in [5.74, 6) is -0.874. The van der Waals surface area contributed by atoms with Crippen LogP contribution in [-0.4, -0.2) is 50.0 Å². The zero-order valence-corrected chi connectivity index (χ0v) is 23.6. The number of hydrogen-bond acceptors (Lipinski definition) is 4. The van der Waals surface area contributed by atoms with Gasteiger partial charge >= 0.3 is 0 Å². The summed E-state index contributed by atoms with van der Waals surface area (Å²) in [7, 11) is -3.57. The summed E-state index contributed by atoms with van der Waals surface area (Å²) in [4.78, 5) is 28.0. The average molecular weight is 534 g/mol. The molecule has 2 atom stereocenters. The Morgan fingerprint density at radius 1 is 1.03 bits per heavy atom. The summed E-state index contributed by atoms with van der Waals surface area (Å²) in [6.07, 6.45) is 2.67. The number of amides is 2. The van der Waals surface area contributed by atoms with Crippen LogP contribution >= 0.6 is 0 Å². The van der Waals surface area contributed by atoms with Crippen LogP contribution in [0.5, 0.6) is 0 Å². The van der Waals surface area contributed by atoms with Crippen molar-refractivity contribution in [3.8, 4) is 0 Å². The monoisotopic (exact) mass is 533 g/mol. The van der Waals surface area contributed by atoms with Gasteiger partial charge in [-0.1, -0.05) is 38.1 Å². The van der Waals surface area contributed by atoms with Crippen molar-refractivity contribution in [1.82, 2.24) is 10.2 Å². The molecule has 37 heavy (non-hydrogen) atoms. The summed E-state index contributed by atoms with van der Waals surface area (Å²) in [6.45, 7) is 9.76. The minimum atomic E-state index is -3.57. The molecular formula is C28H40FN3O4S. The van der Waals surface area contributed by atoms with E-state index in [1.54, 1.807) is 12.1 Å². The van der Waals surface area contributed by atoms with E-state index in [0.717, 1.165) is 23.8 Å². The molecule has 9 heteroatoms. The van der Waals surface area contributed by atoms with Gasteiger partial charge in [-0.15, -0.1) is 0 Å². The van der Waals surface area contributed by atoms with Crippen LogP contribution in [-0.2, 0) is 26.2 Å². The highest BCUT2D eigenvalue weighted by atomic mass is 32.2. The standard InChI is InChI=1S/C28H40FN3O4S/c1-7-22(5)30-28(34)25(8-2)31(19-23-13-15-24(29)16-14-23)27(33)10-9-17-32(37(6,35)36)26-18-20(3)11-12-21(26)4/h11-16,18,22,25H,7-10,17,19H2,1-6H3,(H,30,34)/t22-,25-/m1/s1. The van der Waals surface area contributed by atoms with Crippen molar-refractivity contribution in [3.05, 3.63) is 65.0 Å². The third kappa shape index (κ3) is 8.84. The van der Waals surface area contributed by atoms with Gasteiger partial charge in [0, 0.05) is 25.6 Å². The Morgan fingerprint density at radius 2 is 1.68 bits per heavy atom. The third-order valence-electron chi connectivity index (χ3n) is 6.44. The molecule has 2 amide bonds. The Labute approximate surface area is 221 Å². The number of sulfonamides is 1. The molecule has 204 valence electrons. The summed E-state index contributed by atoms with van der Waals surface area (Å²) in [5, 5.41) is 2.96. The van der Waals surface area contributed by atoms with E-state index in [-0.39, 0.29) is 49.6 Å². The average Bonchev–Trinajstić information content (AvgIpc) is 2.83. The molecule has 0 saturated carbocycles. The van der Waals surface area contributed by atoms with Gasteiger partial charge in [-0.25, -0.2) is 12.8 Å². The smallest absolute Gasteiger partial charge is 0.243 e. The Morgan fingerprint density at radius 3 is 2.24 bits per heavy atom. The highest BCUT2D eigenvalue weighted by Gasteiger charge is 2.29. The maximum absolute atomic E-state index is 13.5. The number of halogens is 1. The van der Waals surface area contributed by atoms with Gasteiger partial charge in [0.05, 0.1) is 11.9 Å². The van der Waals surface area contributed by atoms with E-state index in [0.29, 0.717) is 17.7 Å². The second-order valence-electron chi connectivity index (χ2n) is 9.62. The van der Waals surface area contributed by atoms with Crippen molar-refractivity contribution in [2.75, 3.05) is 17.1 Å². The first-order valence-electron chi connectivity index (χ1n) is 12.8. The molecule has 0 bridgehead atoms. The molecule has 0 unspecified atom stereocenters. The highest BCUT2D eigenvalue weighted by molar-refractivity contribution is 7.92. The van der Waals surface area contributed by atoms with Crippen LogP contribution in [0.2, 0.25) is 0 Å². The Kier molecular flexibility index (Phi) is 11.1. The van der Waals surface area contributed by atoms with Gasteiger partial charge in [0.15, 0.2) is 0 Å². The van der Waals surface area contributed by atoms with Crippen molar-refractivity contribution in [3.63, 3.8) is 0 Å². The zero-order chi connectivity index (χ0) is 27.8. The summed E-state index contributed by atoms with van der Waals surface area (Å²) in [5.41, 5.74) is 3.07. The van der Waals surface area contributed by atoms with E-state index in [1.165, 1.54) is 21.3 Å². The number of benzene rings is 2. The minimum absolute atomic E-state index is 0.0368. The van der Waals surface area contributed by atoms with E-state index >= 15 is 0 Å². The Hall–Kier alpha value is -2.94. The molecule has 1 N–H and O–H groups in total. The van der Waals surface area contributed by atoms with E-state index in [1.807, 2.05) is 52.8 Å². The quantitative estimate of drug-likeness (QED) is 0.404. The van der Waals surface area contributed by atoms with Gasteiger partial charge in [0.2, 0.25) is 21.8 Å². The van der Waals surface area contributed by atoms with E-state index in [9.17, 15) is 22.4 Å². The molecule has 0 aromatic heterocycles. The Balaban J connectivity index is 2.25. The van der Waals surface area contributed by atoms with Crippen molar-refractivity contribution in [2.45, 2.75) is 78.9 Å². The van der Waals surface area contributed by atoms with E-state index < -0.39 is 16.1 Å². The normalized spacial score (nSPS) is 13.1. The molecule has 7 nitrogen and oxygen atoms in total. The van der Waals surface area contributed by atoms with E-state index in [4.69, 9.17) is 0 Å². The molecule has 0 aliphatic carbocycles. The highest BCUT2D eigenvalue weighted by Crippen LogP contribution is 2.25. The fourth-order valence-electron chi connectivity index (χ4n) is 4.12. The predicted molar refractivity (Wildman–Crippen MR) is 146 cm³/mol. The maximum Gasteiger partial charge on any atom is 0.243 e. The van der Waals surface area contributed by atoms with Crippen LogP contribution in [0.3, 0.4) is 0 Å². The van der Waals surface area contributed by atoms with Gasteiger partial charge in [0.1, 0.15) is 11.9 Å². The first-order valence-corrected chi connectivity index (χ1v) is 14.6. The second-order valence-corrected chi connectivity index (χ2v) is 11.5. The SMILES string of the molecule is CC[C@@H](C)NC(=O)[C@@H](CC)N(Cc1ccc(F)cc1)C(=O)CCCN(c1cc(C)ccc1C)S(C)(=O)=O. The lowest BCUT2D eigenvalue weighted by Gasteiger charge is -2.32. The van der Waals surface area contributed by atoms with Gasteiger partial charge in [0.25, 0.3) is 0 Å². The van der Waals surface area contributed by atoms with Gasteiger partial charge in [-0.05, 0) is 74.9 Å². The lowest BCUT2D eigenvalue weighted by Crippen LogP contribution is -2.50. The first-order chi connectivity index (χ1) is 17.4. The van der Waals surface area contributed by atoms with Gasteiger partial charge in [-0.2, -0.15) is 0 Å². The maximum atomic E-state index is 13.5. The molecule has 0 heterocycles. The number of carbonyl (C=O) groups is 2. The molecule has 0 spiro atoms. The number of rotatable bonds is 13. The summed E-state index contributed by atoms with van der Waals surface area (Å²) < 4.78 is 40.0. The fraction of sp³-hybridized carbons (Fsp3) is 0.500. The molecule has 2 rings (SSSR count). The number of nitrogens with one attached hydrogen (secondary N) is 1.